The molecule has 0 saturated heterocycles. The number of aromatic carboxylic acids is 1. The molecule has 0 aliphatic heterocycles. The van der Waals surface area contributed by atoms with E-state index in [2.05, 4.69) is 20.2 Å². The van der Waals surface area contributed by atoms with Crippen molar-refractivity contribution in [2.24, 2.45) is 0 Å². The summed E-state index contributed by atoms with van der Waals surface area (Å²) >= 11 is 0. The zero-order valence-corrected chi connectivity index (χ0v) is 12.0. The number of ether oxygens (including phenoxy) is 1. The minimum absolute atomic E-state index is 0.00277. The lowest BCUT2D eigenvalue weighted by Gasteiger charge is -2.09. The molecule has 0 saturated carbocycles. The van der Waals surface area contributed by atoms with Crippen LogP contribution in [0.2, 0.25) is 0 Å². The summed E-state index contributed by atoms with van der Waals surface area (Å²) in [5, 5.41) is 16.9. The molecular formula is C16H12N4O3. The third-order valence-electron chi connectivity index (χ3n) is 3.00. The van der Waals surface area contributed by atoms with E-state index in [0.717, 1.165) is 5.56 Å². The number of carboxylic acids is 1. The van der Waals surface area contributed by atoms with Crippen LogP contribution in [0.4, 0.5) is 0 Å². The minimum atomic E-state index is -1.15. The van der Waals surface area contributed by atoms with Crippen molar-refractivity contribution < 1.29 is 14.6 Å². The van der Waals surface area contributed by atoms with Gasteiger partial charge in [-0.15, -0.1) is 5.10 Å². The second-order valence-electron chi connectivity index (χ2n) is 4.60. The van der Waals surface area contributed by atoms with Gasteiger partial charge < -0.3 is 9.84 Å². The summed E-state index contributed by atoms with van der Waals surface area (Å²) in [7, 11) is 0. The zero-order valence-electron chi connectivity index (χ0n) is 12.0. The third-order valence-corrected chi connectivity index (χ3v) is 3.00. The molecule has 7 heteroatoms. The fraction of sp³-hybridized carbons (Fsp3) is 0.0625. The first kappa shape index (κ1) is 14.6. The molecule has 1 aromatic carbocycles. The largest absolute Gasteiger partial charge is 0.477 e. The number of aromatic nitrogens is 4. The quantitative estimate of drug-likeness (QED) is 0.771. The van der Waals surface area contributed by atoms with Crippen LogP contribution in [0.5, 0.6) is 5.88 Å². The average molecular weight is 308 g/mol. The van der Waals surface area contributed by atoms with Gasteiger partial charge in [0.05, 0.1) is 0 Å². The van der Waals surface area contributed by atoms with Crippen LogP contribution < -0.4 is 4.74 Å². The first-order valence-electron chi connectivity index (χ1n) is 6.79. The fourth-order valence-corrected chi connectivity index (χ4v) is 1.89. The summed E-state index contributed by atoms with van der Waals surface area (Å²) in [6, 6.07) is 12.8. The van der Waals surface area contributed by atoms with Crippen LogP contribution in [-0.2, 0) is 6.61 Å². The summed E-state index contributed by atoms with van der Waals surface area (Å²) in [5.74, 6) is -0.901. The van der Waals surface area contributed by atoms with E-state index in [-0.39, 0.29) is 23.9 Å². The summed E-state index contributed by atoms with van der Waals surface area (Å²) in [6.45, 7) is 0.206. The Kier molecular flexibility index (Phi) is 4.19. The number of rotatable bonds is 5. The minimum Gasteiger partial charge on any atom is -0.477 e. The van der Waals surface area contributed by atoms with Crippen molar-refractivity contribution in [1.82, 2.24) is 20.2 Å². The molecule has 2 aromatic heterocycles. The lowest BCUT2D eigenvalue weighted by Crippen LogP contribution is -2.07. The van der Waals surface area contributed by atoms with Gasteiger partial charge in [0, 0.05) is 12.4 Å². The Morgan fingerprint density at radius 3 is 2.65 bits per heavy atom. The number of hydrogen-bond donors (Lipinski definition) is 1. The smallest absolute Gasteiger partial charge is 0.342 e. The van der Waals surface area contributed by atoms with Crippen LogP contribution in [0.1, 0.15) is 15.9 Å². The molecule has 2 heterocycles. The highest BCUT2D eigenvalue weighted by Crippen LogP contribution is 2.20. The van der Waals surface area contributed by atoms with E-state index in [1.165, 1.54) is 12.4 Å². The number of hydrogen-bond acceptors (Lipinski definition) is 6. The van der Waals surface area contributed by atoms with Gasteiger partial charge >= 0.3 is 5.97 Å². The topological polar surface area (TPSA) is 98.1 Å². The van der Waals surface area contributed by atoms with Crippen LogP contribution in [0.25, 0.3) is 11.5 Å². The molecule has 0 bridgehead atoms. The predicted molar refractivity (Wildman–Crippen MR) is 80.8 cm³/mol. The second-order valence-corrected chi connectivity index (χ2v) is 4.60. The van der Waals surface area contributed by atoms with Crippen molar-refractivity contribution >= 4 is 5.97 Å². The van der Waals surface area contributed by atoms with Crippen molar-refractivity contribution in [3.8, 4) is 17.4 Å². The lowest BCUT2D eigenvalue weighted by atomic mass is 10.2. The number of benzene rings is 1. The fourth-order valence-electron chi connectivity index (χ4n) is 1.89. The molecule has 0 aliphatic rings. The van der Waals surface area contributed by atoms with E-state index in [4.69, 9.17) is 4.74 Å². The van der Waals surface area contributed by atoms with Crippen molar-refractivity contribution in [2.45, 2.75) is 6.61 Å². The monoisotopic (exact) mass is 308 g/mol. The van der Waals surface area contributed by atoms with Crippen LogP contribution in [0.3, 0.4) is 0 Å². The first-order valence-corrected chi connectivity index (χ1v) is 6.79. The summed E-state index contributed by atoms with van der Waals surface area (Å²) in [6.07, 6.45) is 2.74. The Morgan fingerprint density at radius 2 is 1.96 bits per heavy atom. The predicted octanol–water partition coefficient (Wildman–Crippen LogP) is 2.21. The van der Waals surface area contributed by atoms with Gasteiger partial charge in [0.15, 0.2) is 5.82 Å². The Labute approximate surface area is 131 Å². The maximum atomic E-state index is 11.3. The van der Waals surface area contributed by atoms with E-state index >= 15 is 0 Å². The molecule has 1 N–H and O–H groups in total. The van der Waals surface area contributed by atoms with Gasteiger partial charge in [-0.2, -0.15) is 10.1 Å². The van der Waals surface area contributed by atoms with Gasteiger partial charge in [-0.25, -0.2) is 9.78 Å². The molecule has 7 nitrogen and oxygen atoms in total. The van der Waals surface area contributed by atoms with E-state index in [1.54, 1.807) is 12.1 Å². The van der Waals surface area contributed by atoms with Gasteiger partial charge in [-0.3, -0.25) is 0 Å². The van der Waals surface area contributed by atoms with Crippen molar-refractivity contribution in [2.75, 3.05) is 0 Å². The molecule has 0 spiro atoms. The molecule has 23 heavy (non-hydrogen) atoms. The highest BCUT2D eigenvalue weighted by Gasteiger charge is 2.16. The van der Waals surface area contributed by atoms with Crippen molar-refractivity contribution in [3.05, 3.63) is 66.0 Å². The molecule has 0 radical (unpaired) electrons. The van der Waals surface area contributed by atoms with Gasteiger partial charge in [0.1, 0.15) is 17.9 Å². The molecule has 0 atom stereocenters. The van der Waals surface area contributed by atoms with Gasteiger partial charge in [-0.1, -0.05) is 30.3 Å². The molecule has 0 amide bonds. The first-order chi connectivity index (χ1) is 11.2. The van der Waals surface area contributed by atoms with Crippen molar-refractivity contribution in [1.29, 1.82) is 0 Å². The highest BCUT2D eigenvalue weighted by atomic mass is 16.5. The molecule has 0 fully saturated rings. The van der Waals surface area contributed by atoms with Crippen LogP contribution >= 0.6 is 0 Å². The Bertz CT molecular complexity index is 810. The van der Waals surface area contributed by atoms with Crippen molar-refractivity contribution in [3.63, 3.8) is 0 Å². The average Bonchev–Trinajstić information content (AvgIpc) is 2.61. The molecule has 3 rings (SSSR count). The molecule has 0 unspecified atom stereocenters. The van der Waals surface area contributed by atoms with E-state index < -0.39 is 5.97 Å². The Balaban J connectivity index is 1.91. The highest BCUT2D eigenvalue weighted by molar-refractivity contribution is 5.90. The normalized spacial score (nSPS) is 10.3. The number of nitrogens with zero attached hydrogens (tertiary/aromatic N) is 4. The SMILES string of the molecule is O=C(O)c1cnc(-c2cccnn2)nc1OCc1ccccc1. The lowest BCUT2D eigenvalue weighted by molar-refractivity contribution is 0.0690. The van der Waals surface area contributed by atoms with Gasteiger partial charge in [0.25, 0.3) is 0 Å². The Hall–Kier alpha value is -3.35. The van der Waals surface area contributed by atoms with Crippen LogP contribution in [-0.4, -0.2) is 31.2 Å². The standard InChI is InChI=1S/C16H12N4O3/c21-16(22)12-9-17-14(13-7-4-8-18-20-13)19-15(12)23-10-11-5-2-1-3-6-11/h1-9H,10H2,(H,21,22). The summed E-state index contributed by atoms with van der Waals surface area (Å²) in [5.41, 5.74) is 1.24. The van der Waals surface area contributed by atoms with E-state index in [1.807, 2.05) is 30.3 Å². The van der Waals surface area contributed by atoms with Gasteiger partial charge in [-0.05, 0) is 17.7 Å². The summed E-state index contributed by atoms with van der Waals surface area (Å²) < 4.78 is 5.57. The van der Waals surface area contributed by atoms with Crippen LogP contribution in [0.15, 0.2) is 54.9 Å². The van der Waals surface area contributed by atoms with Crippen LogP contribution in [0, 0.1) is 0 Å². The van der Waals surface area contributed by atoms with E-state index in [0.29, 0.717) is 5.69 Å². The van der Waals surface area contributed by atoms with E-state index in [9.17, 15) is 9.90 Å². The Morgan fingerprint density at radius 1 is 1.13 bits per heavy atom. The molecule has 3 aromatic rings. The van der Waals surface area contributed by atoms with Gasteiger partial charge in [0.2, 0.25) is 5.88 Å². The second kappa shape index (κ2) is 6.61. The summed E-state index contributed by atoms with van der Waals surface area (Å²) in [4.78, 5) is 19.5. The number of carbonyl (C=O) groups is 1. The molecular weight excluding hydrogens is 296 g/mol. The maximum absolute atomic E-state index is 11.3. The molecule has 114 valence electrons. The number of carboxylic acid groups (broad SMARTS) is 1. The zero-order chi connectivity index (χ0) is 16.1. The maximum Gasteiger partial charge on any atom is 0.342 e. The molecule has 0 aliphatic carbocycles. The third kappa shape index (κ3) is 3.46.